The van der Waals surface area contributed by atoms with Crippen LogP contribution in [0.3, 0.4) is 0 Å². The predicted molar refractivity (Wildman–Crippen MR) is 121 cm³/mol. The Morgan fingerprint density at radius 3 is 2.52 bits per heavy atom. The molecule has 3 N–H and O–H groups in total. The average Bonchev–Trinajstić information content (AvgIpc) is 3.18. The Morgan fingerprint density at radius 1 is 1.16 bits per heavy atom. The SMILES string of the molecule is Cc1ccccc1-c1cc(C(=O)NC2(C(N)=O)CCCCC2)c2cnn(C(C)C)c2n1. The molecule has 4 rings (SSSR count). The van der Waals surface area contributed by atoms with E-state index >= 15 is 0 Å². The molecule has 1 saturated carbocycles. The molecule has 2 aromatic heterocycles. The first-order chi connectivity index (χ1) is 14.8. The van der Waals surface area contributed by atoms with Crippen molar-refractivity contribution in [2.24, 2.45) is 5.73 Å². The van der Waals surface area contributed by atoms with E-state index in [9.17, 15) is 9.59 Å². The van der Waals surface area contributed by atoms with E-state index in [0.717, 1.165) is 30.4 Å². The number of aryl methyl sites for hydroxylation is 1. The van der Waals surface area contributed by atoms with Gasteiger partial charge in [-0.3, -0.25) is 9.59 Å². The van der Waals surface area contributed by atoms with Crippen LogP contribution in [0.15, 0.2) is 36.5 Å². The van der Waals surface area contributed by atoms with Gasteiger partial charge >= 0.3 is 0 Å². The van der Waals surface area contributed by atoms with Crippen LogP contribution < -0.4 is 11.1 Å². The van der Waals surface area contributed by atoms with Gasteiger partial charge in [0.1, 0.15) is 5.54 Å². The number of nitrogens with zero attached hydrogens (tertiary/aromatic N) is 3. The van der Waals surface area contributed by atoms with Crippen LogP contribution in [0.1, 0.15) is 67.9 Å². The Balaban J connectivity index is 1.85. The molecule has 0 unspecified atom stereocenters. The van der Waals surface area contributed by atoms with Gasteiger partial charge in [0.15, 0.2) is 5.65 Å². The summed E-state index contributed by atoms with van der Waals surface area (Å²) in [4.78, 5) is 30.7. The Labute approximate surface area is 182 Å². The molecule has 0 spiro atoms. The van der Waals surface area contributed by atoms with Crippen molar-refractivity contribution in [3.05, 3.63) is 47.7 Å². The molecule has 1 aliphatic rings. The number of fused-ring (bicyclic) bond motifs is 1. The van der Waals surface area contributed by atoms with Crippen molar-refractivity contribution >= 4 is 22.8 Å². The average molecular weight is 420 g/mol. The van der Waals surface area contributed by atoms with Crippen molar-refractivity contribution < 1.29 is 9.59 Å². The van der Waals surface area contributed by atoms with E-state index in [4.69, 9.17) is 10.7 Å². The van der Waals surface area contributed by atoms with Crippen molar-refractivity contribution in [2.75, 3.05) is 0 Å². The third kappa shape index (κ3) is 3.80. The molecule has 1 fully saturated rings. The molecular formula is C24H29N5O2. The monoisotopic (exact) mass is 419 g/mol. The van der Waals surface area contributed by atoms with Gasteiger partial charge in [-0.2, -0.15) is 5.10 Å². The first-order valence-electron chi connectivity index (χ1n) is 10.9. The van der Waals surface area contributed by atoms with Crippen LogP contribution in [-0.4, -0.2) is 32.1 Å². The zero-order valence-corrected chi connectivity index (χ0v) is 18.3. The summed E-state index contributed by atoms with van der Waals surface area (Å²) in [6, 6.07) is 9.83. The normalized spacial score (nSPS) is 15.9. The second-order valence-electron chi connectivity index (χ2n) is 8.75. The van der Waals surface area contributed by atoms with E-state index in [1.165, 1.54) is 0 Å². The molecular weight excluding hydrogens is 390 g/mol. The van der Waals surface area contributed by atoms with Crippen LogP contribution in [0.4, 0.5) is 0 Å². The third-order valence-corrected chi connectivity index (χ3v) is 6.25. The Morgan fingerprint density at radius 2 is 1.87 bits per heavy atom. The number of pyridine rings is 1. The molecule has 0 aliphatic heterocycles. The minimum Gasteiger partial charge on any atom is -0.368 e. The zero-order chi connectivity index (χ0) is 22.2. The summed E-state index contributed by atoms with van der Waals surface area (Å²) in [6.45, 7) is 6.07. The molecule has 1 aliphatic carbocycles. The van der Waals surface area contributed by atoms with Gasteiger partial charge < -0.3 is 11.1 Å². The highest BCUT2D eigenvalue weighted by Gasteiger charge is 2.39. The Kier molecular flexibility index (Phi) is 5.52. The van der Waals surface area contributed by atoms with Gasteiger partial charge in [-0.1, -0.05) is 43.5 Å². The summed E-state index contributed by atoms with van der Waals surface area (Å²) < 4.78 is 1.82. The maximum atomic E-state index is 13.5. The molecule has 3 aromatic rings. The van der Waals surface area contributed by atoms with Gasteiger partial charge in [-0.15, -0.1) is 0 Å². The number of nitrogens with two attached hydrogens (primary N) is 1. The van der Waals surface area contributed by atoms with E-state index in [-0.39, 0.29) is 11.9 Å². The quantitative estimate of drug-likeness (QED) is 0.654. The van der Waals surface area contributed by atoms with E-state index < -0.39 is 11.4 Å². The summed E-state index contributed by atoms with van der Waals surface area (Å²) in [6.07, 6.45) is 5.60. The standard InChI is InChI=1S/C24H29N5O2/c1-15(2)29-21-19(14-26-29)18(13-20(27-21)17-10-6-5-9-16(17)3)22(30)28-24(23(25)31)11-7-4-8-12-24/h5-6,9-10,13-15H,4,7-8,11-12H2,1-3H3,(H2,25,31)(H,28,30). The van der Waals surface area contributed by atoms with Crippen molar-refractivity contribution in [3.63, 3.8) is 0 Å². The maximum absolute atomic E-state index is 13.5. The van der Waals surface area contributed by atoms with Crippen molar-refractivity contribution in [2.45, 2.75) is 64.5 Å². The Hall–Kier alpha value is -3.22. The molecule has 0 bridgehead atoms. The van der Waals surface area contributed by atoms with Crippen LogP contribution in [-0.2, 0) is 4.79 Å². The highest BCUT2D eigenvalue weighted by molar-refractivity contribution is 6.08. The number of benzene rings is 1. The predicted octanol–water partition coefficient (Wildman–Crippen LogP) is 3.91. The second-order valence-corrected chi connectivity index (χ2v) is 8.75. The summed E-state index contributed by atoms with van der Waals surface area (Å²) >= 11 is 0. The van der Waals surface area contributed by atoms with E-state index in [2.05, 4.69) is 10.4 Å². The number of aromatic nitrogens is 3. The molecule has 162 valence electrons. The number of nitrogens with one attached hydrogen (secondary N) is 1. The minimum atomic E-state index is -0.998. The fraction of sp³-hybridized carbons (Fsp3) is 0.417. The largest absolute Gasteiger partial charge is 0.368 e. The zero-order valence-electron chi connectivity index (χ0n) is 18.3. The van der Waals surface area contributed by atoms with E-state index in [1.54, 1.807) is 12.3 Å². The smallest absolute Gasteiger partial charge is 0.253 e. The molecule has 0 atom stereocenters. The number of hydrogen-bond donors (Lipinski definition) is 2. The molecule has 0 radical (unpaired) electrons. The fourth-order valence-corrected chi connectivity index (χ4v) is 4.46. The maximum Gasteiger partial charge on any atom is 0.253 e. The summed E-state index contributed by atoms with van der Waals surface area (Å²) in [5.41, 5.74) is 8.58. The van der Waals surface area contributed by atoms with Crippen LogP contribution >= 0.6 is 0 Å². The van der Waals surface area contributed by atoms with Gasteiger partial charge in [0.25, 0.3) is 5.91 Å². The molecule has 31 heavy (non-hydrogen) atoms. The van der Waals surface area contributed by atoms with Crippen molar-refractivity contribution in [3.8, 4) is 11.3 Å². The topological polar surface area (TPSA) is 103 Å². The lowest BCUT2D eigenvalue weighted by atomic mass is 9.81. The lowest BCUT2D eigenvalue weighted by molar-refractivity contribution is -0.125. The Bertz CT molecular complexity index is 1140. The van der Waals surface area contributed by atoms with E-state index in [0.29, 0.717) is 35.1 Å². The molecule has 7 nitrogen and oxygen atoms in total. The molecule has 7 heteroatoms. The highest BCUT2D eigenvalue weighted by Crippen LogP contribution is 2.31. The number of carbonyl (C=O) groups excluding carboxylic acids is 2. The van der Waals surface area contributed by atoms with Gasteiger partial charge in [0, 0.05) is 11.6 Å². The number of primary amides is 1. The summed E-state index contributed by atoms with van der Waals surface area (Å²) in [5, 5.41) is 8.14. The van der Waals surface area contributed by atoms with Gasteiger partial charge in [0.05, 0.1) is 22.8 Å². The first-order valence-corrected chi connectivity index (χ1v) is 10.9. The second kappa shape index (κ2) is 8.13. The molecule has 1 aromatic carbocycles. The summed E-state index contributed by atoms with van der Waals surface area (Å²) in [5.74, 6) is -0.783. The van der Waals surface area contributed by atoms with Crippen molar-refractivity contribution in [1.29, 1.82) is 0 Å². The third-order valence-electron chi connectivity index (χ3n) is 6.25. The van der Waals surface area contributed by atoms with Crippen molar-refractivity contribution in [1.82, 2.24) is 20.1 Å². The summed E-state index contributed by atoms with van der Waals surface area (Å²) in [7, 11) is 0. The van der Waals surface area contributed by atoms with Crippen LogP contribution in [0.5, 0.6) is 0 Å². The van der Waals surface area contributed by atoms with Crippen LogP contribution in [0, 0.1) is 6.92 Å². The number of carbonyl (C=O) groups is 2. The first kappa shape index (κ1) is 21.0. The number of amides is 2. The lowest BCUT2D eigenvalue weighted by Crippen LogP contribution is -2.58. The van der Waals surface area contributed by atoms with E-state index in [1.807, 2.05) is 49.7 Å². The number of hydrogen-bond acceptors (Lipinski definition) is 4. The van der Waals surface area contributed by atoms with Gasteiger partial charge in [0.2, 0.25) is 5.91 Å². The fourth-order valence-electron chi connectivity index (χ4n) is 4.46. The van der Waals surface area contributed by atoms with Crippen LogP contribution in [0.2, 0.25) is 0 Å². The lowest BCUT2D eigenvalue weighted by Gasteiger charge is -2.35. The van der Waals surface area contributed by atoms with Gasteiger partial charge in [-0.25, -0.2) is 9.67 Å². The molecule has 0 saturated heterocycles. The number of rotatable bonds is 5. The molecule has 2 amide bonds. The van der Waals surface area contributed by atoms with Crippen LogP contribution in [0.25, 0.3) is 22.3 Å². The van der Waals surface area contributed by atoms with Gasteiger partial charge in [-0.05, 0) is 45.2 Å². The highest BCUT2D eigenvalue weighted by atomic mass is 16.2. The minimum absolute atomic E-state index is 0.0864. The molecule has 2 heterocycles.